The molecule has 2 rings (SSSR count). The molecular weight excluding hydrogens is 386 g/mol. The first kappa shape index (κ1) is 23.8. The lowest BCUT2D eigenvalue weighted by Gasteiger charge is -2.31. The molecule has 0 atom stereocenters. The maximum atomic E-state index is 13.2. The van der Waals surface area contributed by atoms with Crippen LogP contribution in [0.4, 0.5) is 0 Å². The fraction of sp³-hybridized carbons (Fsp3) is 0.682. The van der Waals surface area contributed by atoms with Crippen LogP contribution < -0.4 is 5.32 Å². The molecule has 1 heterocycles. The first-order valence-electron chi connectivity index (χ1n) is 10.7. The van der Waals surface area contributed by atoms with Gasteiger partial charge in [0.2, 0.25) is 15.9 Å². The number of hydrogen-bond acceptors (Lipinski definition) is 4. The van der Waals surface area contributed by atoms with Crippen LogP contribution in [-0.4, -0.2) is 62.3 Å². The molecule has 1 aromatic carbocycles. The number of sulfonamides is 1. The van der Waals surface area contributed by atoms with Gasteiger partial charge in [-0.2, -0.15) is 4.31 Å². The van der Waals surface area contributed by atoms with Gasteiger partial charge in [0.05, 0.1) is 4.90 Å². The number of likely N-dealkylation sites (N-methyl/N-ethyl adjacent to an activating group) is 1. The Morgan fingerprint density at radius 2 is 1.72 bits per heavy atom. The topological polar surface area (TPSA) is 69.7 Å². The molecule has 0 spiro atoms. The molecule has 0 saturated carbocycles. The zero-order chi connectivity index (χ0) is 21.8. The Morgan fingerprint density at radius 1 is 1.17 bits per heavy atom. The van der Waals surface area contributed by atoms with Crippen molar-refractivity contribution in [2.45, 2.75) is 65.3 Å². The number of aryl methyl sites for hydroxylation is 3. The van der Waals surface area contributed by atoms with Crippen LogP contribution in [0, 0.1) is 26.7 Å². The van der Waals surface area contributed by atoms with E-state index in [2.05, 4.69) is 31.0 Å². The number of carbonyl (C=O) groups excluding carboxylic acids is 1. The number of benzene rings is 1. The number of hydrogen-bond donors (Lipinski definition) is 1. The molecule has 0 bridgehead atoms. The van der Waals surface area contributed by atoms with Crippen molar-refractivity contribution in [3.05, 3.63) is 28.8 Å². The van der Waals surface area contributed by atoms with Crippen molar-refractivity contribution in [3.8, 4) is 0 Å². The Balaban J connectivity index is 1.94. The third-order valence-electron chi connectivity index (χ3n) is 5.86. The molecule has 1 saturated heterocycles. The molecule has 0 unspecified atom stereocenters. The average Bonchev–Trinajstić information content (AvgIpc) is 2.63. The third kappa shape index (κ3) is 5.80. The summed E-state index contributed by atoms with van der Waals surface area (Å²) in [6, 6.07) is 4.28. The summed E-state index contributed by atoms with van der Waals surface area (Å²) in [5, 5.41) is 3.03. The number of rotatable bonds is 8. The minimum Gasteiger partial charge on any atom is -0.355 e. The highest BCUT2D eigenvalue weighted by atomic mass is 32.2. The summed E-state index contributed by atoms with van der Waals surface area (Å²) in [6.07, 6.45) is 1.13. The second-order valence-electron chi connectivity index (χ2n) is 8.42. The first-order chi connectivity index (χ1) is 13.6. The predicted octanol–water partition coefficient (Wildman–Crippen LogP) is 2.86. The van der Waals surface area contributed by atoms with E-state index in [1.165, 1.54) is 0 Å². The molecule has 1 N–H and O–H groups in total. The molecule has 164 valence electrons. The highest BCUT2D eigenvalue weighted by molar-refractivity contribution is 7.89. The molecule has 7 heteroatoms. The van der Waals surface area contributed by atoms with Gasteiger partial charge in [-0.05, 0) is 65.1 Å². The standard InChI is InChI=1S/C22H37N3O3S/c1-7-24(16(2)3)13-10-23-22(26)20-8-11-25(12-9-20)29(27,28)21-18(5)14-17(4)15-19(21)6/h14-16,20H,7-13H2,1-6H3,(H,23,26). The Hall–Kier alpha value is -1.44. The van der Waals surface area contributed by atoms with Gasteiger partial charge in [-0.3, -0.25) is 9.69 Å². The number of nitrogens with one attached hydrogen (secondary N) is 1. The smallest absolute Gasteiger partial charge is 0.243 e. The average molecular weight is 424 g/mol. The number of amides is 1. The van der Waals surface area contributed by atoms with Crippen LogP contribution in [0.15, 0.2) is 17.0 Å². The third-order valence-corrected chi connectivity index (χ3v) is 8.07. The molecule has 0 aromatic heterocycles. The van der Waals surface area contributed by atoms with Crippen LogP contribution in [0.2, 0.25) is 0 Å². The summed E-state index contributed by atoms with van der Waals surface area (Å²) < 4.78 is 27.9. The molecule has 0 aliphatic carbocycles. The van der Waals surface area contributed by atoms with Crippen LogP contribution in [0.5, 0.6) is 0 Å². The van der Waals surface area contributed by atoms with Gasteiger partial charge in [-0.1, -0.05) is 24.6 Å². The van der Waals surface area contributed by atoms with Gasteiger partial charge in [-0.25, -0.2) is 8.42 Å². The largest absolute Gasteiger partial charge is 0.355 e. The molecular formula is C22H37N3O3S. The van der Waals surface area contributed by atoms with Gasteiger partial charge < -0.3 is 5.32 Å². The van der Waals surface area contributed by atoms with Crippen LogP contribution in [0.1, 0.15) is 50.3 Å². The monoisotopic (exact) mass is 423 g/mol. The lowest BCUT2D eigenvalue weighted by molar-refractivity contribution is -0.126. The Labute approximate surface area is 176 Å². The second-order valence-corrected chi connectivity index (χ2v) is 10.3. The van der Waals surface area contributed by atoms with E-state index in [0.29, 0.717) is 43.4 Å². The van der Waals surface area contributed by atoms with Crippen molar-refractivity contribution in [1.29, 1.82) is 0 Å². The molecule has 0 radical (unpaired) electrons. The zero-order valence-electron chi connectivity index (χ0n) is 18.8. The summed E-state index contributed by atoms with van der Waals surface area (Å²) in [4.78, 5) is 15.2. The first-order valence-corrected chi connectivity index (χ1v) is 12.1. The highest BCUT2D eigenvalue weighted by Gasteiger charge is 2.33. The summed E-state index contributed by atoms with van der Waals surface area (Å²) >= 11 is 0. The molecule has 1 fully saturated rings. The van der Waals surface area contributed by atoms with Gasteiger partial charge in [0.15, 0.2) is 0 Å². The lowest BCUT2D eigenvalue weighted by atomic mass is 9.97. The van der Waals surface area contributed by atoms with Crippen LogP contribution in [0.3, 0.4) is 0 Å². The van der Waals surface area contributed by atoms with Crippen molar-refractivity contribution < 1.29 is 13.2 Å². The summed E-state index contributed by atoms with van der Waals surface area (Å²) in [5.41, 5.74) is 2.63. The van der Waals surface area contributed by atoms with E-state index in [4.69, 9.17) is 0 Å². The Kier molecular flexibility index (Phi) is 8.26. The van der Waals surface area contributed by atoms with Crippen molar-refractivity contribution in [2.75, 3.05) is 32.7 Å². The number of carbonyl (C=O) groups is 1. The van der Waals surface area contributed by atoms with Gasteiger partial charge in [-0.15, -0.1) is 0 Å². The van der Waals surface area contributed by atoms with E-state index in [1.807, 2.05) is 32.9 Å². The lowest BCUT2D eigenvalue weighted by Crippen LogP contribution is -2.45. The summed E-state index contributed by atoms with van der Waals surface area (Å²) in [5.74, 6) is -0.0691. The summed E-state index contributed by atoms with van der Waals surface area (Å²) in [6.45, 7) is 15.3. The molecule has 29 heavy (non-hydrogen) atoms. The molecule has 1 aromatic rings. The Bertz CT molecular complexity index is 790. The molecule has 1 aliphatic rings. The highest BCUT2D eigenvalue weighted by Crippen LogP contribution is 2.28. The van der Waals surface area contributed by atoms with Gasteiger partial charge in [0, 0.05) is 38.1 Å². The molecule has 1 aliphatic heterocycles. The minimum absolute atomic E-state index is 0.0459. The molecule has 1 amide bonds. The fourth-order valence-corrected chi connectivity index (χ4v) is 6.19. The maximum absolute atomic E-state index is 13.2. The van der Waals surface area contributed by atoms with Gasteiger partial charge >= 0.3 is 0 Å². The van der Waals surface area contributed by atoms with E-state index in [1.54, 1.807) is 4.31 Å². The van der Waals surface area contributed by atoms with E-state index in [9.17, 15) is 13.2 Å². The van der Waals surface area contributed by atoms with Crippen LogP contribution in [0.25, 0.3) is 0 Å². The SMILES string of the molecule is CCN(CCNC(=O)C1CCN(S(=O)(=O)c2c(C)cc(C)cc2C)CC1)C(C)C. The van der Waals surface area contributed by atoms with Gasteiger partial charge in [0.1, 0.15) is 0 Å². The quantitative estimate of drug-likeness (QED) is 0.698. The van der Waals surface area contributed by atoms with E-state index in [-0.39, 0.29) is 11.8 Å². The van der Waals surface area contributed by atoms with Crippen molar-refractivity contribution in [3.63, 3.8) is 0 Å². The van der Waals surface area contributed by atoms with Crippen molar-refractivity contribution in [1.82, 2.24) is 14.5 Å². The van der Waals surface area contributed by atoms with E-state index in [0.717, 1.165) is 29.8 Å². The second kappa shape index (κ2) is 10.0. The van der Waals surface area contributed by atoms with Crippen molar-refractivity contribution in [2.24, 2.45) is 5.92 Å². The van der Waals surface area contributed by atoms with Gasteiger partial charge in [0.25, 0.3) is 0 Å². The maximum Gasteiger partial charge on any atom is 0.243 e. The zero-order valence-corrected chi connectivity index (χ0v) is 19.6. The van der Waals surface area contributed by atoms with Crippen LogP contribution >= 0.6 is 0 Å². The van der Waals surface area contributed by atoms with Crippen LogP contribution in [-0.2, 0) is 14.8 Å². The van der Waals surface area contributed by atoms with Crippen molar-refractivity contribution >= 4 is 15.9 Å². The fourth-order valence-electron chi connectivity index (χ4n) is 4.31. The summed E-state index contributed by atoms with van der Waals surface area (Å²) in [7, 11) is -3.54. The number of nitrogens with zero attached hydrogens (tertiary/aromatic N) is 2. The van der Waals surface area contributed by atoms with E-state index < -0.39 is 10.0 Å². The normalized spacial score (nSPS) is 16.6. The molecule has 6 nitrogen and oxygen atoms in total. The predicted molar refractivity (Wildman–Crippen MR) is 118 cm³/mol. The minimum atomic E-state index is -3.54. The number of piperidine rings is 1. The Morgan fingerprint density at radius 3 is 2.21 bits per heavy atom. The van der Waals surface area contributed by atoms with E-state index >= 15 is 0 Å².